The first-order valence-corrected chi connectivity index (χ1v) is 16.4. The highest BCUT2D eigenvalue weighted by atomic mass is 32.2. The Morgan fingerprint density at radius 2 is 1.73 bits per heavy atom. The van der Waals surface area contributed by atoms with Crippen LogP contribution in [-0.4, -0.2) is 75.2 Å². The van der Waals surface area contributed by atoms with Crippen molar-refractivity contribution in [3.8, 4) is 16.9 Å². The average molecular weight is 633 g/mol. The number of ether oxygens (including phenoxy) is 2. The first-order valence-electron chi connectivity index (χ1n) is 14.9. The second kappa shape index (κ2) is 13.4. The molecule has 3 aromatic carbocycles. The summed E-state index contributed by atoms with van der Waals surface area (Å²) in [7, 11) is -2.27. The number of hydrogen-bond acceptors (Lipinski definition) is 8. The van der Waals surface area contributed by atoms with E-state index in [-0.39, 0.29) is 29.8 Å². The van der Waals surface area contributed by atoms with E-state index in [2.05, 4.69) is 32.1 Å². The molecule has 0 saturated carbocycles. The summed E-state index contributed by atoms with van der Waals surface area (Å²) in [6.45, 7) is 8.10. The molecule has 1 aliphatic rings. The zero-order chi connectivity index (χ0) is 32.2. The Morgan fingerprint density at radius 1 is 1.02 bits per heavy atom. The van der Waals surface area contributed by atoms with Gasteiger partial charge in [0.15, 0.2) is 0 Å². The first kappa shape index (κ1) is 32.2. The first-order chi connectivity index (χ1) is 21.4. The van der Waals surface area contributed by atoms with E-state index in [0.29, 0.717) is 30.5 Å². The molecule has 3 N–H and O–H groups in total. The maximum Gasteiger partial charge on any atom is 0.270 e. The Labute approximate surface area is 264 Å². The van der Waals surface area contributed by atoms with Gasteiger partial charge in [-0.3, -0.25) is 9.52 Å². The van der Waals surface area contributed by atoms with Gasteiger partial charge < -0.3 is 24.8 Å². The number of hydrogen-bond donors (Lipinski definition) is 3. The Bertz CT molecular complexity index is 1760. The summed E-state index contributed by atoms with van der Waals surface area (Å²) in [4.78, 5) is 20.5. The summed E-state index contributed by atoms with van der Waals surface area (Å²) in [5, 5.41) is 13.2. The number of amides is 1. The molecule has 0 radical (unpaired) electrons. The Morgan fingerprint density at radius 3 is 2.42 bits per heavy atom. The maximum absolute atomic E-state index is 13.5. The van der Waals surface area contributed by atoms with Crippen molar-refractivity contribution in [3.63, 3.8) is 0 Å². The molecule has 1 aromatic heterocycles. The largest absolute Gasteiger partial charge is 0.508 e. The highest BCUT2D eigenvalue weighted by Crippen LogP contribution is 2.33. The second-order valence-corrected chi connectivity index (χ2v) is 14.6. The van der Waals surface area contributed by atoms with Gasteiger partial charge in [-0.15, -0.1) is 0 Å². The number of carbonyl (C=O) groups excluding carboxylic acids is 1. The number of morpholine rings is 1. The van der Waals surface area contributed by atoms with Crippen LogP contribution in [0.1, 0.15) is 36.8 Å². The van der Waals surface area contributed by atoms with Crippen molar-refractivity contribution < 1.29 is 27.8 Å². The molecule has 0 bridgehead atoms. The van der Waals surface area contributed by atoms with Crippen molar-refractivity contribution in [2.45, 2.75) is 38.0 Å². The molecule has 238 valence electrons. The van der Waals surface area contributed by atoms with Gasteiger partial charge in [-0.1, -0.05) is 30.3 Å². The second-order valence-electron chi connectivity index (χ2n) is 12.2. The number of methoxy groups -OCH3 is 1. The van der Waals surface area contributed by atoms with Crippen LogP contribution in [0.2, 0.25) is 0 Å². The van der Waals surface area contributed by atoms with Gasteiger partial charge in [0.25, 0.3) is 5.91 Å². The molecule has 1 saturated heterocycles. The van der Waals surface area contributed by atoms with Gasteiger partial charge >= 0.3 is 0 Å². The number of rotatable bonds is 10. The molecule has 10 nitrogen and oxygen atoms in total. The molecule has 5 rings (SSSR count). The van der Waals surface area contributed by atoms with Crippen molar-refractivity contribution in [1.29, 1.82) is 0 Å². The Balaban J connectivity index is 1.51. The van der Waals surface area contributed by atoms with Gasteiger partial charge in [0.2, 0.25) is 10.0 Å². The lowest BCUT2D eigenvalue weighted by atomic mass is 10.0. The number of anilines is 2. The zero-order valence-corrected chi connectivity index (χ0v) is 26.9. The Hall–Kier alpha value is -4.19. The summed E-state index contributed by atoms with van der Waals surface area (Å²) in [6, 6.07) is 21.7. The lowest BCUT2D eigenvalue weighted by molar-refractivity contribution is 0.0892. The van der Waals surface area contributed by atoms with E-state index in [0.717, 1.165) is 35.5 Å². The van der Waals surface area contributed by atoms with Crippen molar-refractivity contribution in [2.75, 3.05) is 49.6 Å². The number of nitrogens with one attached hydrogen (secondary N) is 2. The van der Waals surface area contributed by atoms with Gasteiger partial charge in [0.05, 0.1) is 41.8 Å². The molecule has 0 unspecified atom stereocenters. The van der Waals surface area contributed by atoms with E-state index in [4.69, 9.17) is 9.47 Å². The number of phenols is 1. The predicted octanol–water partition coefficient (Wildman–Crippen LogP) is 4.97. The summed E-state index contributed by atoms with van der Waals surface area (Å²) >= 11 is 0. The fraction of sp³-hybridized carbons (Fsp3) is 0.353. The number of fused-ring (bicyclic) bond motifs is 1. The van der Waals surface area contributed by atoms with Gasteiger partial charge in [-0.25, -0.2) is 13.4 Å². The molecule has 2 heterocycles. The van der Waals surface area contributed by atoms with Gasteiger partial charge in [-0.2, -0.15) is 0 Å². The third-order valence-corrected chi connectivity index (χ3v) is 9.87. The van der Waals surface area contributed by atoms with Gasteiger partial charge in [-0.05, 0) is 86.3 Å². The van der Waals surface area contributed by atoms with E-state index in [9.17, 15) is 18.3 Å². The molecule has 45 heavy (non-hydrogen) atoms. The normalized spacial score (nSPS) is 14.7. The number of aromatic hydroxyl groups is 1. The van der Waals surface area contributed by atoms with Crippen molar-refractivity contribution in [1.82, 2.24) is 10.3 Å². The number of pyridine rings is 1. The minimum absolute atomic E-state index is 0.0722. The Kier molecular flexibility index (Phi) is 9.62. The summed E-state index contributed by atoms with van der Waals surface area (Å²) in [6.07, 6.45) is 0.462. The van der Waals surface area contributed by atoms with E-state index in [1.807, 2.05) is 24.3 Å². The lowest BCUT2D eigenvalue weighted by Crippen LogP contribution is -2.40. The van der Waals surface area contributed by atoms with E-state index < -0.39 is 20.7 Å². The average Bonchev–Trinajstić information content (AvgIpc) is 3.02. The molecule has 0 spiro atoms. The molecule has 1 atom stereocenters. The molecule has 4 aromatic rings. The van der Waals surface area contributed by atoms with E-state index in [1.54, 1.807) is 58.2 Å². The molecular weight excluding hydrogens is 592 g/mol. The number of phenolic OH excluding ortho intramolecular Hbond substituents is 1. The lowest BCUT2D eigenvalue weighted by Gasteiger charge is -2.29. The molecule has 11 heteroatoms. The number of nitrogens with zero attached hydrogens (tertiary/aromatic N) is 2. The van der Waals surface area contributed by atoms with Crippen LogP contribution in [-0.2, 0) is 25.9 Å². The fourth-order valence-corrected chi connectivity index (χ4v) is 5.90. The highest BCUT2D eigenvalue weighted by Gasteiger charge is 2.30. The van der Waals surface area contributed by atoms with Crippen LogP contribution in [0.5, 0.6) is 5.75 Å². The van der Waals surface area contributed by atoms with Crippen LogP contribution in [0.4, 0.5) is 11.4 Å². The number of benzene rings is 3. The minimum Gasteiger partial charge on any atom is -0.508 e. The molecule has 1 amide bonds. The molecule has 1 fully saturated rings. The standard InChI is InChI=1S/C34H40N4O6S/c1-34(2,3)45(41,42)37-31-21-32(33(40)35-26(22-43-4)18-23-8-11-28(39)12-9-23)36-30-13-10-25(20-29(30)31)24-6-5-7-27(19-24)38-14-16-44-17-15-38/h5-13,19-21,26,39H,14-18,22H2,1-4H3,(H,35,40)(H,36,37)/t26-/m0/s1. The van der Waals surface area contributed by atoms with E-state index >= 15 is 0 Å². The highest BCUT2D eigenvalue weighted by molar-refractivity contribution is 7.94. The van der Waals surface area contributed by atoms with Crippen molar-refractivity contribution in [3.05, 3.63) is 84.1 Å². The van der Waals surface area contributed by atoms with Crippen LogP contribution in [0.15, 0.2) is 72.8 Å². The quantitative estimate of drug-likeness (QED) is 0.224. The van der Waals surface area contributed by atoms with Crippen molar-refractivity contribution in [2.24, 2.45) is 0 Å². The summed E-state index contributed by atoms with van der Waals surface area (Å²) in [5.41, 5.74) is 4.68. The predicted molar refractivity (Wildman–Crippen MR) is 177 cm³/mol. The fourth-order valence-electron chi connectivity index (χ4n) is 5.14. The van der Waals surface area contributed by atoms with Gasteiger partial charge in [0, 0.05) is 31.3 Å². The molecular formula is C34H40N4O6S. The topological polar surface area (TPSA) is 130 Å². The van der Waals surface area contributed by atoms with Crippen LogP contribution in [0.25, 0.3) is 22.0 Å². The summed E-state index contributed by atoms with van der Waals surface area (Å²) < 4.78 is 39.2. The third kappa shape index (κ3) is 7.73. The number of carbonyl (C=O) groups is 1. The minimum atomic E-state index is -3.83. The van der Waals surface area contributed by atoms with Crippen molar-refractivity contribution >= 4 is 38.2 Å². The zero-order valence-electron chi connectivity index (χ0n) is 26.0. The van der Waals surface area contributed by atoms with Crippen LogP contribution >= 0.6 is 0 Å². The third-order valence-electron chi connectivity index (χ3n) is 7.77. The van der Waals surface area contributed by atoms with Gasteiger partial charge in [0.1, 0.15) is 11.4 Å². The molecule has 0 aliphatic carbocycles. The monoisotopic (exact) mass is 632 g/mol. The molecule has 1 aliphatic heterocycles. The number of sulfonamides is 1. The van der Waals surface area contributed by atoms with E-state index in [1.165, 1.54) is 6.07 Å². The van der Waals surface area contributed by atoms with Crippen LogP contribution < -0.4 is 14.9 Å². The SMILES string of the molecule is COC[C@H](Cc1ccc(O)cc1)NC(=O)c1cc(NS(=O)(=O)C(C)(C)C)c2cc(-c3cccc(N4CCOCC4)c3)ccc2n1. The maximum atomic E-state index is 13.5. The van der Waals surface area contributed by atoms with Crippen LogP contribution in [0.3, 0.4) is 0 Å². The van der Waals surface area contributed by atoms with Crippen LogP contribution in [0, 0.1) is 0 Å². The summed E-state index contributed by atoms with van der Waals surface area (Å²) in [5.74, 6) is -0.305. The smallest absolute Gasteiger partial charge is 0.270 e. The number of aromatic nitrogens is 1.